The van der Waals surface area contributed by atoms with Crippen LogP contribution < -0.4 is 5.32 Å². The second-order valence-corrected chi connectivity index (χ2v) is 5.59. The van der Waals surface area contributed by atoms with E-state index in [1.54, 1.807) is 24.3 Å². The number of Topliss-reactive ketones (excluding diaryl/α,β-unsaturated/α-hetero) is 1. The van der Waals surface area contributed by atoms with E-state index in [2.05, 4.69) is 10.2 Å². The molecule has 5 heteroatoms. The third-order valence-corrected chi connectivity index (χ3v) is 3.83. The van der Waals surface area contributed by atoms with Crippen LogP contribution in [0.2, 0.25) is 0 Å². The number of nitrogens with one attached hydrogen (secondary N) is 1. The van der Waals surface area contributed by atoms with Crippen molar-refractivity contribution in [1.82, 2.24) is 4.90 Å². The van der Waals surface area contributed by atoms with Crippen molar-refractivity contribution in [2.45, 2.75) is 19.8 Å². The third kappa shape index (κ3) is 4.65. The van der Waals surface area contributed by atoms with Crippen LogP contribution in [0.15, 0.2) is 24.3 Å². The van der Waals surface area contributed by atoms with Gasteiger partial charge in [0, 0.05) is 24.4 Å². The van der Waals surface area contributed by atoms with Gasteiger partial charge in [-0.15, -0.1) is 0 Å². The van der Waals surface area contributed by atoms with E-state index in [-0.39, 0.29) is 18.3 Å². The maximum Gasteiger partial charge on any atom is 0.238 e. The first-order valence-corrected chi connectivity index (χ1v) is 7.32. The highest BCUT2D eigenvalue weighted by Crippen LogP contribution is 2.19. The lowest BCUT2D eigenvalue weighted by Gasteiger charge is -2.15. The summed E-state index contributed by atoms with van der Waals surface area (Å²) in [5, 5.41) is 11.8. The summed E-state index contributed by atoms with van der Waals surface area (Å²) in [7, 11) is 0. The van der Waals surface area contributed by atoms with Crippen molar-refractivity contribution >= 4 is 17.4 Å². The molecular weight excluding hydrogens is 268 g/mol. The van der Waals surface area contributed by atoms with Gasteiger partial charge in [0.25, 0.3) is 0 Å². The topological polar surface area (TPSA) is 69.6 Å². The first-order valence-electron chi connectivity index (χ1n) is 7.32. The smallest absolute Gasteiger partial charge is 0.238 e. The third-order valence-electron chi connectivity index (χ3n) is 3.83. The monoisotopic (exact) mass is 290 g/mol. The Morgan fingerprint density at radius 1 is 1.43 bits per heavy atom. The molecule has 1 aromatic rings. The Labute approximate surface area is 125 Å². The number of ketones is 1. The number of hydrogen-bond acceptors (Lipinski definition) is 4. The summed E-state index contributed by atoms with van der Waals surface area (Å²) >= 11 is 0. The molecule has 1 aliphatic rings. The number of aliphatic hydroxyl groups excluding tert-OH is 1. The fourth-order valence-corrected chi connectivity index (χ4v) is 2.69. The summed E-state index contributed by atoms with van der Waals surface area (Å²) in [6.07, 6.45) is 1.84. The molecule has 0 aromatic heterocycles. The number of anilines is 1. The molecular formula is C16H22N2O3. The van der Waals surface area contributed by atoms with Crippen LogP contribution in [0.4, 0.5) is 5.69 Å². The van der Waals surface area contributed by atoms with Crippen molar-refractivity contribution in [2.75, 3.05) is 31.6 Å². The zero-order valence-electron chi connectivity index (χ0n) is 12.3. The van der Waals surface area contributed by atoms with E-state index in [0.717, 1.165) is 25.9 Å². The van der Waals surface area contributed by atoms with Crippen LogP contribution in [0.1, 0.15) is 30.1 Å². The zero-order valence-corrected chi connectivity index (χ0v) is 12.3. The summed E-state index contributed by atoms with van der Waals surface area (Å²) < 4.78 is 0. The zero-order chi connectivity index (χ0) is 15.2. The van der Waals surface area contributed by atoms with Crippen molar-refractivity contribution in [3.05, 3.63) is 29.8 Å². The molecule has 0 bridgehead atoms. The van der Waals surface area contributed by atoms with Crippen molar-refractivity contribution in [2.24, 2.45) is 5.92 Å². The molecule has 2 rings (SSSR count). The Kier molecular flexibility index (Phi) is 5.47. The van der Waals surface area contributed by atoms with Crippen LogP contribution in [-0.2, 0) is 4.79 Å². The number of carbonyl (C=O) groups is 2. The van der Waals surface area contributed by atoms with E-state index in [1.807, 2.05) is 0 Å². The molecule has 0 spiro atoms. The number of benzene rings is 1. The molecule has 1 fully saturated rings. The fraction of sp³-hybridized carbons (Fsp3) is 0.500. The van der Waals surface area contributed by atoms with Gasteiger partial charge < -0.3 is 10.4 Å². The molecule has 1 unspecified atom stereocenters. The van der Waals surface area contributed by atoms with Gasteiger partial charge in [-0.1, -0.05) is 12.1 Å². The summed E-state index contributed by atoms with van der Waals surface area (Å²) in [4.78, 5) is 25.4. The Bertz CT molecular complexity index is 516. The number of carbonyl (C=O) groups excluding carboxylic acids is 2. The lowest BCUT2D eigenvalue weighted by Crippen LogP contribution is -2.31. The van der Waals surface area contributed by atoms with Crippen LogP contribution >= 0.6 is 0 Å². The van der Waals surface area contributed by atoms with Gasteiger partial charge >= 0.3 is 0 Å². The molecule has 21 heavy (non-hydrogen) atoms. The molecule has 0 radical (unpaired) electrons. The largest absolute Gasteiger partial charge is 0.396 e. The SMILES string of the molecule is CC(=O)c1cccc(NC(=O)CN2CCC(CCO)C2)c1. The van der Waals surface area contributed by atoms with Gasteiger partial charge in [0.2, 0.25) is 5.91 Å². The van der Waals surface area contributed by atoms with E-state index in [0.29, 0.717) is 23.7 Å². The highest BCUT2D eigenvalue weighted by molar-refractivity contribution is 5.97. The lowest BCUT2D eigenvalue weighted by atomic mass is 10.1. The van der Waals surface area contributed by atoms with Crippen LogP contribution in [0.5, 0.6) is 0 Å². The summed E-state index contributed by atoms with van der Waals surface area (Å²) in [5.74, 6) is 0.404. The van der Waals surface area contributed by atoms with Crippen LogP contribution in [-0.4, -0.2) is 47.9 Å². The predicted octanol–water partition coefficient (Wildman–Crippen LogP) is 1.53. The molecule has 2 N–H and O–H groups in total. The summed E-state index contributed by atoms with van der Waals surface area (Å²) in [5.41, 5.74) is 1.25. The van der Waals surface area contributed by atoms with Gasteiger partial charge in [-0.05, 0) is 44.4 Å². The number of likely N-dealkylation sites (tertiary alicyclic amines) is 1. The first kappa shape index (κ1) is 15.7. The Balaban J connectivity index is 1.85. The second kappa shape index (κ2) is 7.33. The molecule has 1 heterocycles. The van der Waals surface area contributed by atoms with Gasteiger partial charge in [-0.25, -0.2) is 0 Å². The van der Waals surface area contributed by atoms with Crippen LogP contribution in [0, 0.1) is 5.92 Å². The molecule has 114 valence electrons. The minimum Gasteiger partial charge on any atom is -0.396 e. The van der Waals surface area contributed by atoms with E-state index in [4.69, 9.17) is 5.11 Å². The average Bonchev–Trinajstić information content (AvgIpc) is 2.86. The van der Waals surface area contributed by atoms with Gasteiger partial charge in [-0.3, -0.25) is 14.5 Å². The quantitative estimate of drug-likeness (QED) is 0.780. The van der Waals surface area contributed by atoms with Gasteiger partial charge in [0.1, 0.15) is 0 Å². The van der Waals surface area contributed by atoms with Crippen LogP contribution in [0.3, 0.4) is 0 Å². The molecule has 1 aliphatic heterocycles. The fourth-order valence-electron chi connectivity index (χ4n) is 2.69. The van der Waals surface area contributed by atoms with Crippen LogP contribution in [0.25, 0.3) is 0 Å². The molecule has 1 amide bonds. The van der Waals surface area contributed by atoms with E-state index in [1.165, 1.54) is 6.92 Å². The van der Waals surface area contributed by atoms with Crippen molar-refractivity contribution in [3.8, 4) is 0 Å². The van der Waals surface area contributed by atoms with Gasteiger partial charge in [0.05, 0.1) is 6.54 Å². The minimum atomic E-state index is -0.0691. The highest BCUT2D eigenvalue weighted by Gasteiger charge is 2.23. The summed E-state index contributed by atoms with van der Waals surface area (Å²) in [6.45, 7) is 3.83. The minimum absolute atomic E-state index is 0.0162. The molecule has 1 saturated heterocycles. The number of nitrogens with zero attached hydrogens (tertiary/aromatic N) is 1. The predicted molar refractivity (Wildman–Crippen MR) is 81.3 cm³/mol. The van der Waals surface area contributed by atoms with Gasteiger partial charge in [0.15, 0.2) is 5.78 Å². The molecule has 1 atom stereocenters. The standard InChI is InChI=1S/C16H22N2O3/c1-12(20)14-3-2-4-15(9-14)17-16(21)11-18-7-5-13(10-18)6-8-19/h2-4,9,13,19H,5-8,10-11H2,1H3,(H,17,21). The first-order chi connectivity index (χ1) is 10.1. The van der Waals surface area contributed by atoms with Gasteiger partial charge in [-0.2, -0.15) is 0 Å². The Hall–Kier alpha value is -1.72. The number of aliphatic hydroxyl groups is 1. The highest BCUT2D eigenvalue weighted by atomic mass is 16.3. The van der Waals surface area contributed by atoms with Crippen molar-refractivity contribution in [1.29, 1.82) is 0 Å². The maximum atomic E-state index is 12.0. The molecule has 5 nitrogen and oxygen atoms in total. The molecule has 0 saturated carbocycles. The summed E-state index contributed by atoms with van der Waals surface area (Å²) in [6, 6.07) is 6.97. The number of amides is 1. The number of rotatable bonds is 6. The van der Waals surface area contributed by atoms with Crippen molar-refractivity contribution < 1.29 is 14.7 Å². The second-order valence-electron chi connectivity index (χ2n) is 5.59. The lowest BCUT2D eigenvalue weighted by molar-refractivity contribution is -0.117. The van der Waals surface area contributed by atoms with Crippen molar-refractivity contribution in [3.63, 3.8) is 0 Å². The Morgan fingerprint density at radius 2 is 2.24 bits per heavy atom. The van der Waals surface area contributed by atoms with E-state index < -0.39 is 0 Å². The van der Waals surface area contributed by atoms with E-state index in [9.17, 15) is 9.59 Å². The average molecular weight is 290 g/mol. The van der Waals surface area contributed by atoms with E-state index >= 15 is 0 Å². The number of hydrogen-bond donors (Lipinski definition) is 2. The maximum absolute atomic E-state index is 12.0. The normalized spacial score (nSPS) is 18.7. The molecule has 1 aromatic carbocycles. The molecule has 0 aliphatic carbocycles. The Morgan fingerprint density at radius 3 is 2.95 bits per heavy atom.